The van der Waals surface area contributed by atoms with Crippen molar-refractivity contribution in [3.63, 3.8) is 0 Å². The summed E-state index contributed by atoms with van der Waals surface area (Å²) in [5, 5.41) is 0. The number of nitrogens with zero attached hydrogens (tertiary/aromatic N) is 1. The van der Waals surface area contributed by atoms with E-state index >= 15 is 0 Å². The van der Waals surface area contributed by atoms with E-state index in [4.69, 9.17) is 26.4 Å². The summed E-state index contributed by atoms with van der Waals surface area (Å²) < 4.78 is 15.5. The smallest absolute Gasteiger partial charge is 0.319 e. The highest BCUT2D eigenvalue weighted by Gasteiger charge is 2.29. The number of methoxy groups -OCH3 is 2. The van der Waals surface area contributed by atoms with Crippen molar-refractivity contribution >= 4 is 35.0 Å². The summed E-state index contributed by atoms with van der Waals surface area (Å²) in [5.74, 6) is 0.103. The molecule has 0 aromatic heterocycles. The lowest BCUT2D eigenvalue weighted by molar-refractivity contribution is -0.143. The van der Waals surface area contributed by atoms with Gasteiger partial charge < -0.3 is 14.2 Å². The number of rotatable bonds is 4. The zero-order chi connectivity index (χ0) is 14.7. The first-order chi connectivity index (χ1) is 9.62. The zero-order valence-corrected chi connectivity index (χ0v) is 12.3. The average molecular weight is 293 g/mol. The van der Waals surface area contributed by atoms with Crippen LogP contribution in [-0.2, 0) is 9.53 Å². The molecule has 1 atom stereocenters. The van der Waals surface area contributed by atoms with Gasteiger partial charge in [-0.2, -0.15) is 0 Å². The lowest BCUT2D eigenvalue weighted by Crippen LogP contribution is -2.29. The Balaban J connectivity index is 2.42. The maximum atomic E-state index is 11.8. The van der Waals surface area contributed by atoms with Crippen molar-refractivity contribution in [1.29, 1.82) is 0 Å². The molecule has 1 heterocycles. The Bertz CT molecular complexity index is 583. The van der Waals surface area contributed by atoms with Crippen molar-refractivity contribution in [2.75, 3.05) is 20.8 Å². The van der Waals surface area contributed by atoms with Crippen LogP contribution in [0, 0.1) is 5.92 Å². The Kier molecular flexibility index (Phi) is 4.34. The summed E-state index contributed by atoms with van der Waals surface area (Å²) in [5.41, 5.74) is 1.35. The molecule has 5 nitrogen and oxygen atoms in total. The molecule has 6 heteroatoms. The fourth-order valence-electron chi connectivity index (χ4n) is 1.96. The second-order valence-corrected chi connectivity index (χ2v) is 4.54. The van der Waals surface area contributed by atoms with Crippen LogP contribution in [-0.4, -0.2) is 37.9 Å². The quantitative estimate of drug-likeness (QED) is 0.630. The predicted molar refractivity (Wildman–Crippen MR) is 79.5 cm³/mol. The van der Waals surface area contributed by atoms with E-state index in [0.717, 1.165) is 0 Å². The van der Waals surface area contributed by atoms with Gasteiger partial charge in [-0.25, -0.2) is 0 Å². The average Bonchev–Trinajstić information content (AvgIpc) is 2.46. The van der Waals surface area contributed by atoms with Crippen molar-refractivity contribution in [1.82, 2.24) is 0 Å². The second kappa shape index (κ2) is 6.00. The van der Waals surface area contributed by atoms with Crippen LogP contribution in [0.3, 0.4) is 0 Å². The van der Waals surface area contributed by atoms with Gasteiger partial charge >= 0.3 is 5.97 Å². The highest BCUT2D eigenvalue weighted by molar-refractivity contribution is 7.81. The van der Waals surface area contributed by atoms with E-state index in [-0.39, 0.29) is 5.97 Å². The summed E-state index contributed by atoms with van der Waals surface area (Å²) in [6.45, 7) is 2.06. The van der Waals surface area contributed by atoms with Crippen LogP contribution >= 0.6 is 12.2 Å². The number of carbonyl (C=O) groups excluding carboxylic acids is 1. The topological polar surface area (TPSA) is 57.1 Å². The molecule has 1 aromatic rings. The Morgan fingerprint density at radius 1 is 1.30 bits per heavy atom. The molecule has 1 unspecified atom stereocenters. The standard InChI is InChI=1S/C14H15NO4S/c1-4-19-14(16)9-7-15-10-6-12(18-3)11(17-2)5-8(10)13(9)20/h5-7,9H,4H2,1-3H3. The molecule has 0 bridgehead atoms. The van der Waals surface area contributed by atoms with Gasteiger partial charge in [0.25, 0.3) is 0 Å². The van der Waals surface area contributed by atoms with Gasteiger partial charge in [0.2, 0.25) is 0 Å². The van der Waals surface area contributed by atoms with Gasteiger partial charge in [-0.15, -0.1) is 0 Å². The number of esters is 1. The number of aliphatic imine (C=N–C) groups is 1. The van der Waals surface area contributed by atoms with E-state index in [1.807, 2.05) is 0 Å². The SMILES string of the molecule is CCOC(=O)C1C=Nc2cc(OC)c(OC)cc2C1=S. The van der Waals surface area contributed by atoms with Crippen LogP contribution in [0.4, 0.5) is 5.69 Å². The Morgan fingerprint density at radius 2 is 1.95 bits per heavy atom. The van der Waals surface area contributed by atoms with Crippen molar-refractivity contribution < 1.29 is 19.0 Å². The Morgan fingerprint density at radius 3 is 2.55 bits per heavy atom. The summed E-state index contributed by atoms with van der Waals surface area (Å²) in [6, 6.07) is 3.47. The third-order valence-electron chi connectivity index (χ3n) is 2.95. The lowest BCUT2D eigenvalue weighted by atomic mass is 9.95. The van der Waals surface area contributed by atoms with E-state index in [1.54, 1.807) is 33.3 Å². The number of benzene rings is 1. The van der Waals surface area contributed by atoms with E-state index < -0.39 is 5.92 Å². The fraction of sp³-hybridized carbons (Fsp3) is 0.357. The molecule has 1 aliphatic heterocycles. The summed E-state index contributed by atoms with van der Waals surface area (Å²) >= 11 is 5.37. The monoisotopic (exact) mass is 293 g/mol. The Hall–Kier alpha value is -1.95. The van der Waals surface area contributed by atoms with Crippen molar-refractivity contribution in [2.24, 2.45) is 10.9 Å². The molecule has 0 amide bonds. The van der Waals surface area contributed by atoms with Gasteiger partial charge in [0, 0.05) is 22.7 Å². The first-order valence-corrected chi connectivity index (χ1v) is 6.54. The predicted octanol–water partition coefficient (Wildman–Crippen LogP) is 2.32. The second-order valence-electron chi connectivity index (χ2n) is 4.10. The number of thiocarbonyl (C=S) groups is 1. The molecule has 0 fully saturated rings. The van der Waals surface area contributed by atoms with Crippen molar-refractivity contribution in [3.8, 4) is 11.5 Å². The number of hydrogen-bond donors (Lipinski definition) is 0. The first-order valence-electron chi connectivity index (χ1n) is 6.13. The lowest BCUT2D eigenvalue weighted by Gasteiger charge is -2.20. The van der Waals surface area contributed by atoms with Crippen LogP contribution in [0.25, 0.3) is 0 Å². The van der Waals surface area contributed by atoms with Crippen LogP contribution in [0.1, 0.15) is 12.5 Å². The summed E-state index contributed by atoms with van der Waals surface area (Å²) in [4.78, 5) is 16.6. The Labute approximate surface area is 122 Å². The zero-order valence-electron chi connectivity index (χ0n) is 11.5. The number of fused-ring (bicyclic) bond motifs is 1. The number of carbonyl (C=O) groups is 1. The van der Waals surface area contributed by atoms with Gasteiger partial charge in [-0.1, -0.05) is 12.2 Å². The molecule has 20 heavy (non-hydrogen) atoms. The molecular weight excluding hydrogens is 278 g/mol. The number of hydrogen-bond acceptors (Lipinski definition) is 6. The van der Waals surface area contributed by atoms with E-state index in [1.165, 1.54) is 6.21 Å². The van der Waals surface area contributed by atoms with Crippen LogP contribution in [0.15, 0.2) is 17.1 Å². The van der Waals surface area contributed by atoms with Gasteiger partial charge in [0.15, 0.2) is 11.5 Å². The molecule has 1 aromatic carbocycles. The molecule has 1 aliphatic rings. The summed E-state index contributed by atoms with van der Waals surface area (Å²) in [7, 11) is 3.10. The van der Waals surface area contributed by atoms with E-state index in [9.17, 15) is 4.79 Å². The molecule has 0 spiro atoms. The minimum Gasteiger partial charge on any atom is -0.493 e. The van der Waals surface area contributed by atoms with E-state index in [0.29, 0.717) is 34.2 Å². The van der Waals surface area contributed by atoms with Gasteiger partial charge in [0.1, 0.15) is 5.92 Å². The minimum atomic E-state index is -0.629. The molecule has 0 saturated carbocycles. The molecule has 106 valence electrons. The minimum absolute atomic E-state index is 0.310. The molecule has 0 saturated heterocycles. The van der Waals surface area contributed by atoms with Crippen LogP contribution in [0.2, 0.25) is 0 Å². The van der Waals surface area contributed by atoms with Gasteiger partial charge in [0.05, 0.1) is 26.5 Å². The van der Waals surface area contributed by atoms with Gasteiger partial charge in [-0.05, 0) is 13.0 Å². The normalized spacial score (nSPS) is 16.6. The molecule has 0 radical (unpaired) electrons. The molecule has 0 aliphatic carbocycles. The number of ether oxygens (including phenoxy) is 3. The maximum absolute atomic E-state index is 11.8. The van der Waals surface area contributed by atoms with Gasteiger partial charge in [-0.3, -0.25) is 9.79 Å². The van der Waals surface area contributed by atoms with Crippen molar-refractivity contribution in [3.05, 3.63) is 17.7 Å². The van der Waals surface area contributed by atoms with Crippen LogP contribution < -0.4 is 9.47 Å². The third-order valence-corrected chi connectivity index (χ3v) is 3.43. The molecule has 2 rings (SSSR count). The van der Waals surface area contributed by atoms with E-state index in [2.05, 4.69) is 4.99 Å². The molecule has 0 N–H and O–H groups in total. The first kappa shape index (κ1) is 14.5. The third kappa shape index (κ3) is 2.51. The van der Waals surface area contributed by atoms with Crippen molar-refractivity contribution in [2.45, 2.75) is 6.92 Å². The molecular formula is C14H15NO4S. The highest BCUT2D eigenvalue weighted by atomic mass is 32.1. The highest BCUT2D eigenvalue weighted by Crippen LogP contribution is 2.37. The largest absolute Gasteiger partial charge is 0.493 e. The summed E-state index contributed by atoms with van der Waals surface area (Å²) in [6.07, 6.45) is 1.51. The maximum Gasteiger partial charge on any atom is 0.319 e. The fourth-order valence-corrected chi connectivity index (χ4v) is 2.28. The van der Waals surface area contributed by atoms with Crippen LogP contribution in [0.5, 0.6) is 11.5 Å².